The SMILES string of the molecule is CCC(C)C(N)C(=O)NC(CCSC)C(=O)NC(CCC(=O)O)C(=O)NCC(=O)O. The van der Waals surface area contributed by atoms with Crippen molar-refractivity contribution in [2.45, 2.75) is 57.7 Å². The topological polar surface area (TPSA) is 188 Å². The third-order valence-corrected chi connectivity index (χ3v) is 5.14. The Bertz CT molecular complexity index is 617. The van der Waals surface area contributed by atoms with Crippen molar-refractivity contribution >= 4 is 41.4 Å². The number of carbonyl (C=O) groups is 5. The van der Waals surface area contributed by atoms with E-state index in [1.54, 1.807) is 0 Å². The lowest BCUT2D eigenvalue weighted by Gasteiger charge is -2.25. The quantitative estimate of drug-likeness (QED) is 0.185. The van der Waals surface area contributed by atoms with Crippen molar-refractivity contribution in [3.63, 3.8) is 0 Å². The molecule has 0 spiro atoms. The summed E-state index contributed by atoms with van der Waals surface area (Å²) in [6, 6.07) is -3.04. The Hall–Kier alpha value is -2.34. The van der Waals surface area contributed by atoms with Crippen LogP contribution in [-0.4, -0.2) is 76.6 Å². The van der Waals surface area contributed by atoms with E-state index < -0.39 is 60.8 Å². The molecule has 7 N–H and O–H groups in total. The number of aliphatic carboxylic acids is 2. The number of nitrogens with one attached hydrogen (secondary N) is 3. The maximum absolute atomic E-state index is 12.7. The van der Waals surface area contributed by atoms with Crippen molar-refractivity contribution in [2.75, 3.05) is 18.6 Å². The molecule has 4 atom stereocenters. The van der Waals surface area contributed by atoms with Crippen LogP contribution in [0.1, 0.15) is 39.5 Å². The zero-order chi connectivity index (χ0) is 23.3. The highest BCUT2D eigenvalue weighted by atomic mass is 32.2. The van der Waals surface area contributed by atoms with Gasteiger partial charge in [0.1, 0.15) is 18.6 Å². The molecule has 0 saturated heterocycles. The van der Waals surface area contributed by atoms with Gasteiger partial charge in [-0.3, -0.25) is 24.0 Å². The minimum atomic E-state index is -1.28. The normalized spacial score (nSPS) is 14.7. The van der Waals surface area contributed by atoms with Crippen LogP contribution < -0.4 is 21.7 Å². The first-order valence-corrected chi connectivity index (χ1v) is 11.0. The van der Waals surface area contributed by atoms with E-state index in [1.165, 1.54) is 11.8 Å². The lowest BCUT2D eigenvalue weighted by Crippen LogP contribution is -2.57. The second-order valence-corrected chi connectivity index (χ2v) is 7.84. The van der Waals surface area contributed by atoms with Gasteiger partial charge in [-0.2, -0.15) is 11.8 Å². The molecule has 30 heavy (non-hydrogen) atoms. The van der Waals surface area contributed by atoms with Gasteiger partial charge in [-0.25, -0.2) is 0 Å². The molecule has 0 aromatic carbocycles. The minimum Gasteiger partial charge on any atom is -0.481 e. The molecule has 11 nitrogen and oxygen atoms in total. The van der Waals surface area contributed by atoms with E-state index in [0.717, 1.165) is 0 Å². The predicted molar refractivity (Wildman–Crippen MR) is 112 cm³/mol. The molecule has 3 amide bonds. The first-order valence-electron chi connectivity index (χ1n) is 9.59. The standard InChI is InChI=1S/C18H32N4O7S/c1-4-10(2)15(19)18(29)22-12(7-8-30-3)17(28)21-11(5-6-13(23)24)16(27)20-9-14(25)26/h10-12,15H,4-9,19H2,1-3H3,(H,20,27)(H,21,28)(H,22,29)(H,23,24)(H,25,26). The van der Waals surface area contributed by atoms with Gasteiger partial charge in [-0.1, -0.05) is 20.3 Å². The maximum atomic E-state index is 12.7. The molecule has 0 aliphatic rings. The molecular formula is C18H32N4O7S. The Morgan fingerprint density at radius 1 is 0.933 bits per heavy atom. The van der Waals surface area contributed by atoms with E-state index in [2.05, 4.69) is 16.0 Å². The van der Waals surface area contributed by atoms with Crippen molar-refractivity contribution in [2.24, 2.45) is 11.7 Å². The van der Waals surface area contributed by atoms with Crippen LogP contribution in [0.4, 0.5) is 0 Å². The third kappa shape index (κ3) is 11.0. The van der Waals surface area contributed by atoms with Gasteiger partial charge in [0.05, 0.1) is 6.04 Å². The fourth-order valence-corrected chi connectivity index (χ4v) is 2.85. The molecule has 0 aromatic rings. The average molecular weight is 449 g/mol. The number of hydrogen-bond donors (Lipinski definition) is 6. The number of rotatable bonds is 15. The Morgan fingerprint density at radius 3 is 2.00 bits per heavy atom. The zero-order valence-electron chi connectivity index (χ0n) is 17.5. The molecule has 4 unspecified atom stereocenters. The van der Waals surface area contributed by atoms with E-state index in [0.29, 0.717) is 12.2 Å². The van der Waals surface area contributed by atoms with Crippen LogP contribution in [0, 0.1) is 5.92 Å². The van der Waals surface area contributed by atoms with Gasteiger partial charge in [0.15, 0.2) is 0 Å². The van der Waals surface area contributed by atoms with Gasteiger partial charge in [0, 0.05) is 6.42 Å². The first-order chi connectivity index (χ1) is 14.0. The van der Waals surface area contributed by atoms with Gasteiger partial charge >= 0.3 is 11.9 Å². The summed E-state index contributed by atoms with van der Waals surface area (Å²) in [4.78, 5) is 58.8. The van der Waals surface area contributed by atoms with Gasteiger partial charge in [-0.05, 0) is 30.8 Å². The summed E-state index contributed by atoms with van der Waals surface area (Å²) in [5, 5.41) is 24.7. The van der Waals surface area contributed by atoms with Crippen LogP contribution >= 0.6 is 11.8 Å². The summed E-state index contributed by atoms with van der Waals surface area (Å²) in [6.45, 7) is 3.03. The minimum absolute atomic E-state index is 0.0978. The lowest BCUT2D eigenvalue weighted by molar-refractivity contribution is -0.140. The summed E-state index contributed by atoms with van der Waals surface area (Å²) in [5.74, 6) is -4.00. The van der Waals surface area contributed by atoms with Gasteiger partial charge in [-0.15, -0.1) is 0 Å². The number of nitrogens with two attached hydrogens (primary N) is 1. The summed E-state index contributed by atoms with van der Waals surface area (Å²) >= 11 is 1.46. The van der Waals surface area contributed by atoms with E-state index in [-0.39, 0.29) is 18.8 Å². The number of thioether (sulfide) groups is 1. The van der Waals surface area contributed by atoms with E-state index in [4.69, 9.17) is 15.9 Å². The van der Waals surface area contributed by atoms with Crippen LogP contribution in [0.3, 0.4) is 0 Å². The Balaban J connectivity index is 5.28. The maximum Gasteiger partial charge on any atom is 0.322 e. The molecular weight excluding hydrogens is 416 g/mol. The highest BCUT2D eigenvalue weighted by Gasteiger charge is 2.29. The largest absolute Gasteiger partial charge is 0.481 e. The summed E-state index contributed by atoms with van der Waals surface area (Å²) < 4.78 is 0. The average Bonchev–Trinajstić information content (AvgIpc) is 2.70. The number of carboxylic acids is 2. The van der Waals surface area contributed by atoms with Crippen molar-refractivity contribution in [3.05, 3.63) is 0 Å². The monoisotopic (exact) mass is 448 g/mol. The number of hydrogen-bond acceptors (Lipinski definition) is 7. The summed E-state index contributed by atoms with van der Waals surface area (Å²) in [6.07, 6.45) is 2.14. The molecule has 0 aromatic heterocycles. The molecule has 0 heterocycles. The van der Waals surface area contributed by atoms with Crippen LogP contribution in [0.15, 0.2) is 0 Å². The molecule has 0 aliphatic heterocycles. The number of amides is 3. The molecule has 0 fully saturated rings. The lowest BCUT2D eigenvalue weighted by atomic mass is 9.99. The number of carboxylic acid groups (broad SMARTS) is 2. The molecule has 0 bridgehead atoms. The van der Waals surface area contributed by atoms with Crippen molar-refractivity contribution in [1.29, 1.82) is 0 Å². The van der Waals surface area contributed by atoms with Crippen molar-refractivity contribution < 1.29 is 34.2 Å². The summed E-state index contributed by atoms with van der Waals surface area (Å²) in [7, 11) is 0. The molecule has 0 radical (unpaired) electrons. The second-order valence-electron chi connectivity index (χ2n) is 6.86. The fraction of sp³-hybridized carbons (Fsp3) is 0.722. The predicted octanol–water partition coefficient (Wildman–Crippen LogP) is -0.852. The molecule has 172 valence electrons. The van der Waals surface area contributed by atoms with Gasteiger partial charge in [0.25, 0.3) is 0 Å². The van der Waals surface area contributed by atoms with E-state index >= 15 is 0 Å². The van der Waals surface area contributed by atoms with Crippen LogP contribution in [0.5, 0.6) is 0 Å². The fourth-order valence-electron chi connectivity index (χ4n) is 2.38. The van der Waals surface area contributed by atoms with Crippen molar-refractivity contribution in [3.8, 4) is 0 Å². The second kappa shape index (κ2) is 14.6. The van der Waals surface area contributed by atoms with Gasteiger partial charge < -0.3 is 31.9 Å². The Morgan fingerprint density at radius 2 is 1.50 bits per heavy atom. The van der Waals surface area contributed by atoms with E-state index in [1.807, 2.05) is 20.1 Å². The highest BCUT2D eigenvalue weighted by molar-refractivity contribution is 7.98. The smallest absolute Gasteiger partial charge is 0.322 e. The summed E-state index contributed by atoms with van der Waals surface area (Å²) in [5.41, 5.74) is 5.91. The van der Waals surface area contributed by atoms with E-state index in [9.17, 15) is 24.0 Å². The first kappa shape index (κ1) is 27.7. The zero-order valence-corrected chi connectivity index (χ0v) is 18.3. The molecule has 0 saturated carbocycles. The van der Waals surface area contributed by atoms with Gasteiger partial charge in [0.2, 0.25) is 17.7 Å². The molecule has 12 heteroatoms. The van der Waals surface area contributed by atoms with Crippen LogP contribution in [0.25, 0.3) is 0 Å². The molecule has 0 rings (SSSR count). The Labute approximate surface area is 179 Å². The van der Waals surface area contributed by atoms with Crippen molar-refractivity contribution in [1.82, 2.24) is 16.0 Å². The highest BCUT2D eigenvalue weighted by Crippen LogP contribution is 2.08. The third-order valence-electron chi connectivity index (χ3n) is 4.50. The molecule has 0 aliphatic carbocycles. The number of carbonyl (C=O) groups excluding carboxylic acids is 3. The van der Waals surface area contributed by atoms with Crippen LogP contribution in [0.2, 0.25) is 0 Å². The van der Waals surface area contributed by atoms with Crippen LogP contribution in [-0.2, 0) is 24.0 Å². The Kier molecular flexibility index (Phi) is 13.5.